The summed E-state index contributed by atoms with van der Waals surface area (Å²) in [6, 6.07) is -0.329. The zero-order valence-corrected chi connectivity index (χ0v) is 8.07. The molecule has 1 aliphatic rings. The van der Waals surface area contributed by atoms with Gasteiger partial charge in [-0.3, -0.25) is 0 Å². The van der Waals surface area contributed by atoms with Gasteiger partial charge in [0.15, 0.2) is 0 Å². The number of nitrogens with zero attached hydrogens (tertiary/aromatic N) is 1. The third kappa shape index (κ3) is 2.55. The molecule has 1 heterocycles. The SMILES string of the molecule is Cl.NC[C@@H]1CCCN1S(=O)(=O)F. The second-order valence-corrected chi connectivity index (χ2v) is 3.88. The van der Waals surface area contributed by atoms with E-state index in [-0.39, 0.29) is 31.5 Å². The van der Waals surface area contributed by atoms with Crippen molar-refractivity contribution in [1.82, 2.24) is 4.31 Å². The molecule has 74 valence electrons. The molecular formula is C5H12ClFN2O2S. The molecule has 0 unspecified atom stereocenters. The monoisotopic (exact) mass is 218 g/mol. The van der Waals surface area contributed by atoms with Crippen LogP contribution in [0.2, 0.25) is 0 Å². The van der Waals surface area contributed by atoms with Gasteiger partial charge < -0.3 is 5.73 Å². The van der Waals surface area contributed by atoms with Crippen LogP contribution in [0, 0.1) is 0 Å². The van der Waals surface area contributed by atoms with Gasteiger partial charge in [-0.2, -0.15) is 12.7 Å². The Kier molecular flexibility index (Phi) is 4.39. The maximum absolute atomic E-state index is 12.4. The van der Waals surface area contributed by atoms with Gasteiger partial charge in [0.1, 0.15) is 0 Å². The van der Waals surface area contributed by atoms with E-state index >= 15 is 0 Å². The summed E-state index contributed by atoms with van der Waals surface area (Å²) in [7, 11) is -4.51. The minimum atomic E-state index is -4.51. The summed E-state index contributed by atoms with van der Waals surface area (Å²) in [4.78, 5) is 0. The zero-order valence-electron chi connectivity index (χ0n) is 6.44. The van der Waals surface area contributed by atoms with E-state index in [1.54, 1.807) is 0 Å². The number of rotatable bonds is 2. The van der Waals surface area contributed by atoms with Crippen molar-refractivity contribution in [3.8, 4) is 0 Å². The van der Waals surface area contributed by atoms with Gasteiger partial charge >= 0.3 is 10.4 Å². The molecule has 1 rings (SSSR count). The summed E-state index contributed by atoms with van der Waals surface area (Å²) >= 11 is 0. The maximum Gasteiger partial charge on any atom is 0.375 e. The molecule has 0 saturated carbocycles. The fourth-order valence-corrected chi connectivity index (χ4v) is 2.23. The summed E-state index contributed by atoms with van der Waals surface area (Å²) in [6.45, 7) is 0.462. The van der Waals surface area contributed by atoms with E-state index in [0.29, 0.717) is 12.8 Å². The predicted octanol–water partition coefficient (Wildman–Crippen LogP) is 0.0456. The van der Waals surface area contributed by atoms with Crippen LogP contribution in [-0.2, 0) is 10.4 Å². The summed E-state index contributed by atoms with van der Waals surface area (Å²) in [5, 5.41) is 0. The molecule has 0 amide bonds. The highest BCUT2D eigenvalue weighted by Crippen LogP contribution is 2.20. The predicted molar refractivity (Wildman–Crippen MR) is 46.1 cm³/mol. The number of hydrogen-bond acceptors (Lipinski definition) is 3. The molecule has 2 N–H and O–H groups in total. The Bertz CT molecular complexity index is 234. The van der Waals surface area contributed by atoms with E-state index in [4.69, 9.17) is 5.73 Å². The van der Waals surface area contributed by atoms with Crippen molar-refractivity contribution < 1.29 is 12.3 Å². The molecular weight excluding hydrogens is 207 g/mol. The zero-order chi connectivity index (χ0) is 8.48. The minimum Gasteiger partial charge on any atom is -0.329 e. The molecule has 7 heteroatoms. The van der Waals surface area contributed by atoms with Gasteiger partial charge in [0.2, 0.25) is 0 Å². The quantitative estimate of drug-likeness (QED) is 0.666. The number of nitrogens with two attached hydrogens (primary N) is 1. The third-order valence-corrected chi connectivity index (χ3v) is 2.92. The van der Waals surface area contributed by atoms with Gasteiger partial charge in [0, 0.05) is 19.1 Å². The molecule has 1 atom stereocenters. The largest absolute Gasteiger partial charge is 0.375 e. The molecule has 0 aromatic rings. The molecule has 0 bridgehead atoms. The first-order chi connectivity index (χ1) is 5.05. The van der Waals surface area contributed by atoms with E-state index in [9.17, 15) is 12.3 Å². The van der Waals surface area contributed by atoms with Gasteiger partial charge in [-0.05, 0) is 12.8 Å². The lowest BCUT2D eigenvalue weighted by Crippen LogP contribution is -2.37. The van der Waals surface area contributed by atoms with Crippen LogP contribution in [0.3, 0.4) is 0 Å². The van der Waals surface area contributed by atoms with Crippen molar-refractivity contribution in [3.05, 3.63) is 0 Å². The first-order valence-corrected chi connectivity index (χ1v) is 4.81. The molecule has 4 nitrogen and oxygen atoms in total. The average Bonchev–Trinajstić information content (AvgIpc) is 2.31. The van der Waals surface area contributed by atoms with Gasteiger partial charge in [0.05, 0.1) is 0 Å². The lowest BCUT2D eigenvalue weighted by Gasteiger charge is -2.16. The molecule has 1 saturated heterocycles. The van der Waals surface area contributed by atoms with E-state index in [1.807, 2.05) is 0 Å². The van der Waals surface area contributed by atoms with Gasteiger partial charge in [-0.1, -0.05) is 3.89 Å². The lowest BCUT2D eigenvalue weighted by molar-refractivity contribution is 0.369. The van der Waals surface area contributed by atoms with Crippen molar-refractivity contribution in [2.24, 2.45) is 5.73 Å². The Morgan fingerprint density at radius 1 is 1.58 bits per heavy atom. The van der Waals surface area contributed by atoms with E-state index in [0.717, 1.165) is 4.31 Å². The van der Waals surface area contributed by atoms with Gasteiger partial charge in [-0.25, -0.2) is 0 Å². The van der Waals surface area contributed by atoms with Crippen LogP contribution in [0.5, 0.6) is 0 Å². The first kappa shape index (κ1) is 12.1. The van der Waals surface area contributed by atoms with Crippen molar-refractivity contribution in [3.63, 3.8) is 0 Å². The molecule has 0 radical (unpaired) electrons. The van der Waals surface area contributed by atoms with Gasteiger partial charge in [-0.15, -0.1) is 12.4 Å². The Hall–Kier alpha value is 0.0900. The molecule has 1 fully saturated rings. The molecule has 12 heavy (non-hydrogen) atoms. The maximum atomic E-state index is 12.4. The summed E-state index contributed by atoms with van der Waals surface area (Å²) in [6.07, 6.45) is 1.37. The first-order valence-electron chi connectivity index (χ1n) is 3.47. The van der Waals surface area contributed by atoms with Crippen LogP contribution in [0.15, 0.2) is 0 Å². The second-order valence-electron chi connectivity index (χ2n) is 2.58. The summed E-state index contributed by atoms with van der Waals surface area (Å²) < 4.78 is 34.0. The second kappa shape index (κ2) is 4.36. The number of hydrogen-bond donors (Lipinski definition) is 1. The normalized spacial score (nSPS) is 25.3. The molecule has 0 spiro atoms. The Morgan fingerprint density at radius 2 is 2.17 bits per heavy atom. The third-order valence-electron chi connectivity index (χ3n) is 1.88. The minimum absolute atomic E-state index is 0. The van der Waals surface area contributed by atoms with Crippen LogP contribution >= 0.6 is 12.4 Å². The standard InChI is InChI=1S/C5H11FN2O2S.ClH/c6-11(9,10)8-3-1-2-5(8)4-7;/h5H,1-4,7H2;1H/t5-;/m0./s1. The van der Waals surface area contributed by atoms with Crippen molar-refractivity contribution in [2.45, 2.75) is 18.9 Å². The van der Waals surface area contributed by atoms with Crippen molar-refractivity contribution in [2.75, 3.05) is 13.1 Å². The fraction of sp³-hybridized carbons (Fsp3) is 1.00. The smallest absolute Gasteiger partial charge is 0.329 e. The highest BCUT2D eigenvalue weighted by atomic mass is 35.5. The van der Waals surface area contributed by atoms with E-state index < -0.39 is 10.4 Å². The van der Waals surface area contributed by atoms with Crippen LogP contribution in [0.1, 0.15) is 12.8 Å². The summed E-state index contributed by atoms with van der Waals surface area (Å²) in [5.74, 6) is 0. The fourth-order valence-electron chi connectivity index (χ4n) is 1.33. The molecule has 0 aromatic heterocycles. The Morgan fingerprint density at radius 3 is 2.50 bits per heavy atom. The Balaban J connectivity index is 0.00000121. The molecule has 0 aliphatic carbocycles. The van der Waals surface area contributed by atoms with E-state index in [2.05, 4.69) is 0 Å². The van der Waals surface area contributed by atoms with Crippen LogP contribution in [0.4, 0.5) is 3.89 Å². The number of halogens is 2. The van der Waals surface area contributed by atoms with E-state index in [1.165, 1.54) is 0 Å². The highest BCUT2D eigenvalue weighted by molar-refractivity contribution is 7.84. The van der Waals surface area contributed by atoms with Crippen LogP contribution < -0.4 is 5.73 Å². The topological polar surface area (TPSA) is 63.4 Å². The van der Waals surface area contributed by atoms with Crippen LogP contribution in [-0.4, -0.2) is 31.9 Å². The molecule has 1 aliphatic heterocycles. The van der Waals surface area contributed by atoms with Crippen molar-refractivity contribution in [1.29, 1.82) is 0 Å². The highest BCUT2D eigenvalue weighted by Gasteiger charge is 2.32. The Labute approximate surface area is 77.7 Å². The van der Waals surface area contributed by atoms with Crippen molar-refractivity contribution >= 4 is 22.8 Å². The molecule has 0 aromatic carbocycles. The van der Waals surface area contributed by atoms with Crippen LogP contribution in [0.25, 0.3) is 0 Å². The summed E-state index contributed by atoms with van der Waals surface area (Å²) in [5.41, 5.74) is 5.25. The average molecular weight is 219 g/mol. The van der Waals surface area contributed by atoms with Gasteiger partial charge in [0.25, 0.3) is 0 Å². The lowest BCUT2D eigenvalue weighted by atomic mass is 10.2.